The maximum Gasteiger partial charge on any atom is 0.255 e. The van der Waals surface area contributed by atoms with Crippen LogP contribution in [0.3, 0.4) is 0 Å². The van der Waals surface area contributed by atoms with E-state index >= 15 is 0 Å². The monoisotopic (exact) mass is 497 g/mol. The smallest absolute Gasteiger partial charge is 0.255 e. The molecule has 5 rings (SSSR count). The van der Waals surface area contributed by atoms with Crippen molar-refractivity contribution in [1.82, 2.24) is 20.3 Å². The number of nitrogens with two attached hydrogens (primary N) is 1. The van der Waals surface area contributed by atoms with Crippen molar-refractivity contribution in [3.63, 3.8) is 0 Å². The van der Waals surface area contributed by atoms with Crippen molar-refractivity contribution in [3.8, 4) is 17.0 Å². The van der Waals surface area contributed by atoms with Gasteiger partial charge in [-0.2, -0.15) is 0 Å². The summed E-state index contributed by atoms with van der Waals surface area (Å²) >= 11 is 0. The number of nitrogens with zero attached hydrogens (tertiary/aromatic N) is 2. The molecule has 2 heterocycles. The maximum absolute atomic E-state index is 13.3. The standard InChI is InChI=1S/C27H35N5O2.ClH/c1-15(2)18-6-11-22(34-13-17-4-5-17)21(12-18)24-26-25(30-14-29-24)23(16(3)31-26)27(33)32-20-9-7-19(28)8-10-20;/h6,11-12,14-15,17,19-20,31H,4-5,7-10,13,28H2,1-3H3,(H,32,33);1H/t19-,20+;. The van der Waals surface area contributed by atoms with Gasteiger partial charge >= 0.3 is 0 Å². The van der Waals surface area contributed by atoms with E-state index in [-0.39, 0.29) is 30.4 Å². The molecule has 0 aliphatic heterocycles. The predicted octanol–water partition coefficient (Wildman–Crippen LogP) is 5.27. The van der Waals surface area contributed by atoms with Crippen molar-refractivity contribution < 1.29 is 9.53 Å². The first-order chi connectivity index (χ1) is 16.4. The number of fused-ring (bicyclic) bond motifs is 1. The van der Waals surface area contributed by atoms with Crippen LogP contribution in [0.25, 0.3) is 22.3 Å². The Balaban J connectivity index is 0.00000289. The minimum Gasteiger partial charge on any atom is -0.493 e. The molecule has 0 saturated heterocycles. The lowest BCUT2D eigenvalue weighted by Crippen LogP contribution is -2.40. The highest BCUT2D eigenvalue weighted by atomic mass is 35.5. The van der Waals surface area contributed by atoms with Gasteiger partial charge in [-0.3, -0.25) is 4.79 Å². The third-order valence-corrected chi connectivity index (χ3v) is 7.20. The predicted molar refractivity (Wildman–Crippen MR) is 141 cm³/mol. The number of aromatic amines is 1. The van der Waals surface area contributed by atoms with Gasteiger partial charge < -0.3 is 20.8 Å². The molecule has 0 unspecified atom stereocenters. The zero-order valence-corrected chi connectivity index (χ0v) is 21.6. The third-order valence-electron chi connectivity index (χ3n) is 7.20. The molecule has 2 aliphatic rings. The Bertz CT molecular complexity index is 1200. The van der Waals surface area contributed by atoms with Crippen molar-refractivity contribution in [2.45, 2.75) is 77.3 Å². The molecule has 7 nitrogen and oxygen atoms in total. The summed E-state index contributed by atoms with van der Waals surface area (Å²) in [6.07, 6.45) is 7.74. The lowest BCUT2D eigenvalue weighted by molar-refractivity contribution is 0.0927. The second-order valence-corrected chi connectivity index (χ2v) is 10.3. The molecule has 35 heavy (non-hydrogen) atoms. The number of aryl methyl sites for hydroxylation is 1. The first kappa shape index (κ1) is 25.5. The Labute approximate surface area is 213 Å². The lowest BCUT2D eigenvalue weighted by Gasteiger charge is -2.26. The molecule has 0 spiro atoms. The SMILES string of the molecule is Cc1[nH]c2c(-c3cc(C(C)C)ccc3OCC3CC3)ncnc2c1C(=O)N[C@H]1CC[C@@H](N)CC1.Cl. The van der Waals surface area contributed by atoms with Crippen LogP contribution in [-0.2, 0) is 0 Å². The minimum absolute atomic E-state index is 0. The minimum atomic E-state index is -0.0880. The molecule has 2 aliphatic carbocycles. The van der Waals surface area contributed by atoms with Crippen LogP contribution in [0.15, 0.2) is 24.5 Å². The number of nitrogens with one attached hydrogen (secondary N) is 2. The van der Waals surface area contributed by atoms with Crippen LogP contribution in [0.5, 0.6) is 5.75 Å². The van der Waals surface area contributed by atoms with Gasteiger partial charge in [0.1, 0.15) is 23.3 Å². The van der Waals surface area contributed by atoms with Gasteiger partial charge in [0.25, 0.3) is 5.91 Å². The second kappa shape index (κ2) is 10.5. The van der Waals surface area contributed by atoms with Gasteiger partial charge in [0.15, 0.2) is 0 Å². The summed E-state index contributed by atoms with van der Waals surface area (Å²) in [5.41, 5.74) is 11.8. The Morgan fingerprint density at radius 2 is 1.91 bits per heavy atom. The molecular formula is C27H36ClN5O2. The number of hydrogen-bond donors (Lipinski definition) is 3. The van der Waals surface area contributed by atoms with Crippen LogP contribution in [0.2, 0.25) is 0 Å². The molecule has 1 amide bonds. The van der Waals surface area contributed by atoms with E-state index in [1.165, 1.54) is 18.4 Å². The van der Waals surface area contributed by atoms with E-state index in [0.717, 1.165) is 60.5 Å². The van der Waals surface area contributed by atoms with Gasteiger partial charge in [-0.05, 0) is 75.0 Å². The van der Waals surface area contributed by atoms with Crippen LogP contribution in [-0.4, -0.2) is 39.5 Å². The number of aromatic nitrogens is 3. The lowest BCUT2D eigenvalue weighted by atomic mass is 9.91. The van der Waals surface area contributed by atoms with E-state index in [9.17, 15) is 4.79 Å². The van der Waals surface area contributed by atoms with Gasteiger partial charge in [-0.1, -0.05) is 19.9 Å². The molecule has 2 fully saturated rings. The topological polar surface area (TPSA) is 106 Å². The van der Waals surface area contributed by atoms with Crippen LogP contribution < -0.4 is 15.8 Å². The van der Waals surface area contributed by atoms with Crippen molar-refractivity contribution in [2.24, 2.45) is 11.7 Å². The normalized spacial score (nSPS) is 20.0. The summed E-state index contributed by atoms with van der Waals surface area (Å²) in [4.78, 5) is 25.9. The first-order valence-corrected chi connectivity index (χ1v) is 12.6. The van der Waals surface area contributed by atoms with Crippen LogP contribution in [0.1, 0.15) is 79.9 Å². The number of H-pyrrole nitrogens is 1. The Kier molecular flexibility index (Phi) is 7.67. The van der Waals surface area contributed by atoms with Crippen LogP contribution in [0, 0.1) is 12.8 Å². The van der Waals surface area contributed by atoms with Gasteiger partial charge in [0, 0.05) is 23.3 Å². The number of ether oxygens (including phenoxy) is 1. The molecule has 8 heteroatoms. The van der Waals surface area contributed by atoms with E-state index in [1.807, 2.05) is 6.92 Å². The number of hydrogen-bond acceptors (Lipinski definition) is 5. The van der Waals surface area contributed by atoms with E-state index in [0.29, 0.717) is 22.9 Å². The third kappa shape index (κ3) is 5.46. The first-order valence-electron chi connectivity index (χ1n) is 12.6. The van der Waals surface area contributed by atoms with Crippen molar-refractivity contribution in [2.75, 3.05) is 6.61 Å². The fraction of sp³-hybridized carbons (Fsp3) is 0.519. The van der Waals surface area contributed by atoms with E-state index in [4.69, 9.17) is 10.5 Å². The molecule has 4 N–H and O–H groups in total. The average Bonchev–Trinajstić information content (AvgIpc) is 3.58. The molecule has 2 aromatic heterocycles. The molecule has 0 atom stereocenters. The van der Waals surface area contributed by atoms with Gasteiger partial charge in [0.2, 0.25) is 0 Å². The summed E-state index contributed by atoms with van der Waals surface area (Å²) in [5.74, 6) is 1.77. The zero-order valence-electron chi connectivity index (χ0n) is 20.8. The largest absolute Gasteiger partial charge is 0.493 e. The van der Waals surface area contributed by atoms with E-state index < -0.39 is 0 Å². The molecule has 188 valence electrons. The fourth-order valence-corrected chi connectivity index (χ4v) is 4.83. The Morgan fingerprint density at radius 1 is 1.17 bits per heavy atom. The molecule has 2 saturated carbocycles. The number of carbonyl (C=O) groups excluding carboxylic acids is 1. The molecule has 3 aromatic rings. The quantitative estimate of drug-likeness (QED) is 0.412. The highest BCUT2D eigenvalue weighted by Gasteiger charge is 2.26. The highest BCUT2D eigenvalue weighted by molar-refractivity contribution is 6.09. The number of amides is 1. The summed E-state index contributed by atoms with van der Waals surface area (Å²) in [6, 6.07) is 6.75. The zero-order chi connectivity index (χ0) is 23.8. The molecule has 0 radical (unpaired) electrons. The number of rotatable bonds is 7. The molecular weight excluding hydrogens is 462 g/mol. The van der Waals surface area contributed by atoms with Gasteiger partial charge in [-0.15, -0.1) is 12.4 Å². The Morgan fingerprint density at radius 3 is 2.60 bits per heavy atom. The maximum atomic E-state index is 13.3. The van der Waals surface area contributed by atoms with E-state index in [2.05, 4.69) is 52.3 Å². The van der Waals surface area contributed by atoms with Crippen molar-refractivity contribution in [1.29, 1.82) is 0 Å². The van der Waals surface area contributed by atoms with Crippen molar-refractivity contribution in [3.05, 3.63) is 41.3 Å². The summed E-state index contributed by atoms with van der Waals surface area (Å²) < 4.78 is 6.23. The highest BCUT2D eigenvalue weighted by Crippen LogP contribution is 2.38. The molecule has 0 bridgehead atoms. The summed E-state index contributed by atoms with van der Waals surface area (Å²) in [7, 11) is 0. The van der Waals surface area contributed by atoms with Gasteiger partial charge in [-0.25, -0.2) is 9.97 Å². The van der Waals surface area contributed by atoms with E-state index in [1.54, 1.807) is 6.33 Å². The number of halogens is 1. The second-order valence-electron chi connectivity index (χ2n) is 10.3. The molecule has 1 aromatic carbocycles. The van der Waals surface area contributed by atoms with Crippen LogP contribution in [0.4, 0.5) is 0 Å². The summed E-state index contributed by atoms with van der Waals surface area (Å²) in [5, 5.41) is 3.21. The average molecular weight is 498 g/mol. The van der Waals surface area contributed by atoms with Gasteiger partial charge in [0.05, 0.1) is 17.7 Å². The van der Waals surface area contributed by atoms with Crippen molar-refractivity contribution >= 4 is 29.3 Å². The van der Waals surface area contributed by atoms with Crippen LogP contribution >= 0.6 is 12.4 Å². The number of carbonyl (C=O) groups is 1. The summed E-state index contributed by atoms with van der Waals surface area (Å²) in [6.45, 7) is 7.01. The number of benzene rings is 1. The Hall–Kier alpha value is -2.64. The fourth-order valence-electron chi connectivity index (χ4n) is 4.83.